The second-order valence-corrected chi connectivity index (χ2v) is 7.57. The Morgan fingerprint density at radius 1 is 1.31 bits per heavy atom. The number of nitriles is 1. The molecule has 0 spiro atoms. The molecule has 1 fully saturated rings. The monoisotopic (exact) mass is 346 g/mol. The first kappa shape index (κ1) is 16.8. The minimum absolute atomic E-state index is 0.133. The first-order chi connectivity index (χ1) is 12.7. The maximum Gasteiger partial charge on any atom is 0.250 e. The summed E-state index contributed by atoms with van der Waals surface area (Å²) in [5.41, 5.74) is 4.48. The first-order valence-corrected chi connectivity index (χ1v) is 9.37. The summed E-state index contributed by atoms with van der Waals surface area (Å²) >= 11 is 0. The third-order valence-electron chi connectivity index (χ3n) is 5.67. The van der Waals surface area contributed by atoms with Crippen LogP contribution in [0.4, 0.5) is 0 Å². The van der Waals surface area contributed by atoms with E-state index in [1.54, 1.807) is 11.0 Å². The summed E-state index contributed by atoms with van der Waals surface area (Å²) in [5.74, 6) is 0.978. The molecule has 4 heteroatoms. The van der Waals surface area contributed by atoms with Gasteiger partial charge in [0.2, 0.25) is 0 Å². The number of quaternary nitrogens is 1. The number of fused-ring (bicyclic) bond motifs is 4. The number of benzene rings is 1. The highest BCUT2D eigenvalue weighted by Gasteiger charge is 2.38. The Morgan fingerprint density at radius 2 is 2.19 bits per heavy atom. The molecule has 1 saturated heterocycles. The van der Waals surface area contributed by atoms with Crippen LogP contribution in [0.5, 0.6) is 0 Å². The van der Waals surface area contributed by atoms with Gasteiger partial charge in [-0.1, -0.05) is 24.3 Å². The lowest BCUT2D eigenvalue weighted by molar-refractivity contribution is -0.924. The Hall–Kier alpha value is -2.64. The third-order valence-corrected chi connectivity index (χ3v) is 5.67. The molecule has 4 nitrogen and oxygen atoms in total. The molecule has 0 aliphatic carbocycles. The zero-order valence-electron chi connectivity index (χ0n) is 15.1. The van der Waals surface area contributed by atoms with Gasteiger partial charge in [-0.15, -0.1) is 0 Å². The van der Waals surface area contributed by atoms with Gasteiger partial charge in [-0.25, -0.2) is 0 Å². The van der Waals surface area contributed by atoms with E-state index in [0.29, 0.717) is 11.8 Å². The molecule has 26 heavy (non-hydrogen) atoms. The number of nitrogens with one attached hydrogen (secondary N) is 1. The largest absolute Gasteiger partial charge is 0.330 e. The van der Waals surface area contributed by atoms with Crippen LogP contribution < -0.4 is 10.5 Å². The molecule has 2 aliphatic heterocycles. The van der Waals surface area contributed by atoms with Crippen molar-refractivity contribution in [2.24, 2.45) is 5.92 Å². The summed E-state index contributed by atoms with van der Waals surface area (Å²) in [4.78, 5) is 13.9. The topological polar surface area (TPSA) is 50.2 Å². The van der Waals surface area contributed by atoms with Gasteiger partial charge in [0.05, 0.1) is 24.7 Å². The van der Waals surface area contributed by atoms with E-state index in [-0.39, 0.29) is 5.56 Å². The van der Waals surface area contributed by atoms with Gasteiger partial charge < -0.3 is 9.47 Å². The van der Waals surface area contributed by atoms with Crippen LogP contribution in [0.15, 0.2) is 47.3 Å². The molecule has 0 saturated carbocycles. The number of hydrogen-bond acceptors (Lipinski definition) is 2. The van der Waals surface area contributed by atoms with Crippen LogP contribution in [-0.2, 0) is 13.1 Å². The van der Waals surface area contributed by atoms with Crippen molar-refractivity contribution in [2.75, 3.05) is 13.1 Å². The van der Waals surface area contributed by atoms with E-state index >= 15 is 0 Å². The molecule has 1 aromatic heterocycles. The number of pyridine rings is 1. The van der Waals surface area contributed by atoms with Crippen LogP contribution in [0.25, 0.3) is 6.08 Å². The van der Waals surface area contributed by atoms with Crippen molar-refractivity contribution in [1.29, 1.82) is 5.26 Å². The second-order valence-electron chi connectivity index (χ2n) is 7.57. The van der Waals surface area contributed by atoms with Crippen molar-refractivity contribution in [3.05, 3.63) is 75.2 Å². The highest BCUT2D eigenvalue weighted by Crippen LogP contribution is 2.33. The molecule has 2 aliphatic rings. The molecular formula is C22H24N3O+. The molecule has 1 unspecified atom stereocenters. The van der Waals surface area contributed by atoms with Crippen molar-refractivity contribution < 1.29 is 4.90 Å². The Bertz CT molecular complexity index is 951. The van der Waals surface area contributed by atoms with Gasteiger partial charge in [-0.05, 0) is 37.1 Å². The quantitative estimate of drug-likeness (QED) is 0.924. The molecule has 3 heterocycles. The number of nitrogens with zero attached hydrogens (tertiary/aromatic N) is 2. The Morgan fingerprint density at radius 3 is 3.00 bits per heavy atom. The molecule has 0 radical (unpaired) electrons. The van der Waals surface area contributed by atoms with Crippen LogP contribution in [0.2, 0.25) is 0 Å². The number of aromatic nitrogens is 1. The summed E-state index contributed by atoms with van der Waals surface area (Å²) in [5, 5.41) is 9.12. The van der Waals surface area contributed by atoms with E-state index in [1.165, 1.54) is 23.2 Å². The molecule has 1 aromatic carbocycles. The van der Waals surface area contributed by atoms with Crippen LogP contribution in [0.3, 0.4) is 0 Å². The van der Waals surface area contributed by atoms with Gasteiger partial charge >= 0.3 is 0 Å². The normalized spacial score (nSPS) is 24.2. The maximum atomic E-state index is 12.4. The zero-order chi connectivity index (χ0) is 18.1. The third kappa shape index (κ3) is 3.11. The highest BCUT2D eigenvalue weighted by molar-refractivity contribution is 5.53. The molecular weight excluding hydrogens is 322 g/mol. The summed E-state index contributed by atoms with van der Waals surface area (Å²) in [6.07, 6.45) is 5.35. The second kappa shape index (κ2) is 6.93. The average molecular weight is 346 g/mol. The highest BCUT2D eigenvalue weighted by atomic mass is 16.1. The number of hydrogen-bond donors (Lipinski definition) is 1. The van der Waals surface area contributed by atoms with Crippen LogP contribution in [-0.4, -0.2) is 17.7 Å². The predicted molar refractivity (Wildman–Crippen MR) is 102 cm³/mol. The Kier molecular flexibility index (Phi) is 4.48. The molecule has 3 atom stereocenters. The van der Waals surface area contributed by atoms with Crippen molar-refractivity contribution in [3.8, 4) is 6.07 Å². The summed E-state index contributed by atoms with van der Waals surface area (Å²) in [7, 11) is 0. The molecule has 2 bridgehead atoms. The molecule has 4 rings (SSSR count). The number of allylic oxidation sites excluding steroid dienone is 1. The Labute approximate surface area is 154 Å². The Balaban J connectivity index is 1.63. The maximum absolute atomic E-state index is 12.4. The zero-order valence-corrected chi connectivity index (χ0v) is 15.1. The van der Waals surface area contributed by atoms with E-state index in [0.717, 1.165) is 31.7 Å². The van der Waals surface area contributed by atoms with Gasteiger partial charge in [0.15, 0.2) is 0 Å². The number of piperidine rings is 1. The smallest absolute Gasteiger partial charge is 0.250 e. The lowest BCUT2D eigenvalue weighted by Gasteiger charge is -2.41. The molecule has 132 valence electrons. The van der Waals surface area contributed by atoms with Crippen LogP contribution in [0.1, 0.15) is 41.6 Å². The molecule has 2 aromatic rings. The van der Waals surface area contributed by atoms with Gasteiger partial charge in [0.25, 0.3) is 5.56 Å². The minimum atomic E-state index is 0.133. The van der Waals surface area contributed by atoms with Crippen LogP contribution >= 0.6 is 0 Å². The lowest BCUT2D eigenvalue weighted by atomic mass is 9.81. The fourth-order valence-corrected chi connectivity index (χ4v) is 4.77. The molecule has 0 amide bonds. The van der Waals surface area contributed by atoms with E-state index in [4.69, 9.17) is 5.26 Å². The standard InChI is InChI=1S/C22H23N3O/c1-2-4-19-7-8-21(26)25-14-18-10-20(22(19)25)15-24(13-18)12-17-6-3-5-16(9-17)11-23/h2-9,18,20H,10,12-15H2,1H3/p+1/b4-2+/t18-,20+/m0/s1. The van der Waals surface area contributed by atoms with Crippen molar-refractivity contribution in [2.45, 2.75) is 32.4 Å². The summed E-state index contributed by atoms with van der Waals surface area (Å²) < 4.78 is 2.02. The fourth-order valence-electron chi connectivity index (χ4n) is 4.77. The minimum Gasteiger partial charge on any atom is -0.330 e. The van der Waals surface area contributed by atoms with Gasteiger partial charge in [0.1, 0.15) is 6.54 Å². The van der Waals surface area contributed by atoms with Crippen molar-refractivity contribution >= 4 is 6.08 Å². The van der Waals surface area contributed by atoms with Gasteiger partial charge in [-0.3, -0.25) is 4.79 Å². The van der Waals surface area contributed by atoms with Gasteiger partial charge in [-0.2, -0.15) is 5.26 Å². The van der Waals surface area contributed by atoms with E-state index in [9.17, 15) is 4.79 Å². The summed E-state index contributed by atoms with van der Waals surface area (Å²) in [6.45, 7) is 5.93. The van der Waals surface area contributed by atoms with E-state index in [2.05, 4.69) is 18.2 Å². The van der Waals surface area contributed by atoms with Crippen molar-refractivity contribution in [3.63, 3.8) is 0 Å². The van der Waals surface area contributed by atoms with E-state index < -0.39 is 0 Å². The van der Waals surface area contributed by atoms with E-state index in [1.807, 2.05) is 41.8 Å². The summed E-state index contributed by atoms with van der Waals surface area (Å²) in [6, 6.07) is 13.8. The van der Waals surface area contributed by atoms with Gasteiger partial charge in [0, 0.05) is 35.7 Å². The van der Waals surface area contributed by atoms with Crippen LogP contribution in [0, 0.1) is 17.2 Å². The SMILES string of the molecule is C/C=C/c1ccc(=O)n2c1[C@@H]1C[C@H](C2)C[NH+](Cc2cccc(C#N)c2)C1. The van der Waals surface area contributed by atoms with Crippen molar-refractivity contribution in [1.82, 2.24) is 4.57 Å². The number of likely N-dealkylation sites (tertiary alicyclic amines) is 1. The number of rotatable bonds is 3. The lowest BCUT2D eigenvalue weighted by Crippen LogP contribution is -3.13. The predicted octanol–water partition coefficient (Wildman–Crippen LogP) is 1.96. The first-order valence-electron chi connectivity index (χ1n) is 9.37. The fraction of sp³-hybridized carbons (Fsp3) is 0.364. The molecule has 1 N–H and O–H groups in total. The average Bonchev–Trinajstić information content (AvgIpc) is 2.64.